The van der Waals surface area contributed by atoms with E-state index < -0.39 is 6.11 Å². The van der Waals surface area contributed by atoms with Gasteiger partial charge in [0.1, 0.15) is 5.75 Å². The largest absolute Gasteiger partial charge is 0.433 e. The normalized spacial score (nSPS) is 10.8. The van der Waals surface area contributed by atoms with Crippen LogP contribution in [0.15, 0.2) is 29.3 Å². The molecule has 0 radical (unpaired) electrons. The molecule has 0 bridgehead atoms. The summed E-state index contributed by atoms with van der Waals surface area (Å²) in [5.41, 5.74) is 0.562. The third-order valence-electron chi connectivity index (χ3n) is 2.35. The van der Waals surface area contributed by atoms with Crippen LogP contribution in [0.1, 0.15) is 32.6 Å². The van der Waals surface area contributed by atoms with Crippen LogP contribution in [-0.2, 0) is 0 Å². The zero-order valence-corrected chi connectivity index (χ0v) is 11.0. The van der Waals surface area contributed by atoms with Crippen LogP contribution in [-0.4, -0.2) is 11.3 Å². The molecule has 0 fully saturated rings. The summed E-state index contributed by atoms with van der Waals surface area (Å²) >= 11 is 4.45. The Bertz CT molecular complexity index is 414. The molecule has 0 aliphatic heterocycles. The van der Waals surface area contributed by atoms with Gasteiger partial charge in [-0.05, 0) is 42.9 Å². The third-order valence-corrected chi connectivity index (χ3v) is 2.44. The van der Waals surface area contributed by atoms with Crippen LogP contribution in [0.3, 0.4) is 0 Å². The minimum absolute atomic E-state index is 0.125. The van der Waals surface area contributed by atoms with Crippen molar-refractivity contribution in [1.82, 2.24) is 0 Å². The highest BCUT2D eigenvalue weighted by Crippen LogP contribution is 2.27. The van der Waals surface area contributed by atoms with Crippen LogP contribution in [0, 0.1) is 0 Å². The number of halogens is 2. The van der Waals surface area contributed by atoms with E-state index in [4.69, 9.17) is 0 Å². The number of unbranched alkanes of at least 4 members (excludes halogenated alkanes) is 2. The van der Waals surface area contributed by atoms with Gasteiger partial charge in [-0.25, -0.2) is 0 Å². The summed E-state index contributed by atoms with van der Waals surface area (Å²) in [6.07, 6.45) is -1.25. The Morgan fingerprint density at radius 1 is 1.28 bits per heavy atom. The van der Waals surface area contributed by atoms with Gasteiger partial charge in [0.2, 0.25) is 0 Å². The molecule has 0 heterocycles. The summed E-state index contributed by atoms with van der Waals surface area (Å²) in [6, 6.07) is 5.99. The number of benzene rings is 1. The molecule has 2 nitrogen and oxygen atoms in total. The Morgan fingerprint density at radius 3 is 2.50 bits per heavy atom. The van der Waals surface area contributed by atoms with Crippen molar-refractivity contribution in [2.75, 3.05) is 0 Å². The van der Waals surface area contributed by atoms with E-state index in [0.717, 1.165) is 12.8 Å². The van der Waals surface area contributed by atoms with Crippen LogP contribution in [0.25, 0.3) is 0 Å². The summed E-state index contributed by atoms with van der Waals surface area (Å²) in [4.78, 5) is 3.73. The lowest BCUT2D eigenvalue weighted by Crippen LogP contribution is -2.24. The van der Waals surface area contributed by atoms with Crippen molar-refractivity contribution in [2.24, 2.45) is 4.99 Å². The lowest BCUT2D eigenvalue weighted by atomic mass is 10.2. The fourth-order valence-corrected chi connectivity index (χ4v) is 1.55. The van der Waals surface area contributed by atoms with Crippen LogP contribution < -0.4 is 4.74 Å². The van der Waals surface area contributed by atoms with Gasteiger partial charge in [-0.15, -0.1) is 0 Å². The molecule has 0 aromatic heterocycles. The first-order valence-electron chi connectivity index (χ1n) is 5.82. The van der Waals surface area contributed by atoms with Crippen LogP contribution in [0.4, 0.5) is 14.5 Å². The summed E-state index contributed by atoms with van der Waals surface area (Å²) in [7, 11) is 0. The van der Waals surface area contributed by atoms with Gasteiger partial charge in [0.05, 0.1) is 17.3 Å². The minimum atomic E-state index is -3.12. The maximum absolute atomic E-state index is 13.4. The van der Waals surface area contributed by atoms with Gasteiger partial charge in [0, 0.05) is 0 Å². The first-order valence-corrected chi connectivity index (χ1v) is 6.23. The lowest BCUT2D eigenvalue weighted by Gasteiger charge is -2.17. The SMILES string of the molecule is CCCCCC(F)(F)Oc1ccc(N=C=S)cc1. The van der Waals surface area contributed by atoms with E-state index in [9.17, 15) is 8.78 Å². The van der Waals surface area contributed by atoms with Gasteiger partial charge in [0.25, 0.3) is 0 Å². The molecule has 98 valence electrons. The van der Waals surface area contributed by atoms with Crippen LogP contribution in [0.2, 0.25) is 0 Å². The molecule has 1 aromatic rings. The Balaban J connectivity index is 2.57. The number of hydrogen-bond donors (Lipinski definition) is 0. The van der Waals surface area contributed by atoms with E-state index in [2.05, 4.69) is 27.1 Å². The van der Waals surface area contributed by atoms with E-state index in [1.165, 1.54) is 12.1 Å². The molecule has 0 N–H and O–H groups in total. The van der Waals surface area contributed by atoms with E-state index in [1.807, 2.05) is 6.92 Å². The Labute approximate surface area is 111 Å². The van der Waals surface area contributed by atoms with Crippen molar-refractivity contribution in [3.8, 4) is 5.75 Å². The fraction of sp³-hybridized carbons (Fsp3) is 0.462. The summed E-state index contributed by atoms with van der Waals surface area (Å²) < 4.78 is 31.5. The van der Waals surface area contributed by atoms with Crippen molar-refractivity contribution in [3.63, 3.8) is 0 Å². The number of thiocarbonyl (C=S) groups is 1. The summed E-state index contributed by atoms with van der Waals surface area (Å²) in [6.45, 7) is 1.97. The van der Waals surface area contributed by atoms with Gasteiger partial charge in [-0.2, -0.15) is 13.8 Å². The number of ether oxygens (including phenoxy) is 1. The number of alkyl halides is 2. The number of nitrogens with zero attached hydrogens (tertiary/aromatic N) is 1. The first-order chi connectivity index (χ1) is 8.57. The third kappa shape index (κ3) is 5.34. The molecule has 0 unspecified atom stereocenters. The fourth-order valence-electron chi connectivity index (χ4n) is 1.45. The predicted molar refractivity (Wildman–Crippen MR) is 70.8 cm³/mol. The smallest absolute Gasteiger partial charge is 0.397 e. The summed E-state index contributed by atoms with van der Waals surface area (Å²) in [5, 5.41) is 2.21. The average Bonchev–Trinajstić information content (AvgIpc) is 2.32. The lowest BCUT2D eigenvalue weighted by molar-refractivity contribution is -0.181. The Hall–Kier alpha value is -1.32. The zero-order valence-electron chi connectivity index (χ0n) is 10.2. The molecule has 18 heavy (non-hydrogen) atoms. The van der Waals surface area contributed by atoms with Crippen LogP contribution >= 0.6 is 12.2 Å². The molecule has 0 saturated heterocycles. The number of isothiocyanates is 1. The van der Waals surface area contributed by atoms with Crippen molar-refractivity contribution < 1.29 is 13.5 Å². The van der Waals surface area contributed by atoms with E-state index in [-0.39, 0.29) is 12.2 Å². The first kappa shape index (κ1) is 14.7. The highest BCUT2D eigenvalue weighted by molar-refractivity contribution is 7.78. The quantitative estimate of drug-likeness (QED) is 0.396. The van der Waals surface area contributed by atoms with Crippen LogP contribution in [0.5, 0.6) is 5.75 Å². The maximum atomic E-state index is 13.4. The standard InChI is InChI=1S/C13H15F2NOS/c1-2-3-4-9-13(14,15)17-12-7-5-11(6-8-12)16-10-18/h5-8H,2-4,9H2,1H3. The molecule has 0 amide bonds. The number of hydrogen-bond acceptors (Lipinski definition) is 3. The van der Waals surface area contributed by atoms with Crippen molar-refractivity contribution >= 4 is 23.1 Å². The molecule has 1 rings (SSSR count). The molecule has 5 heteroatoms. The topological polar surface area (TPSA) is 21.6 Å². The second-order valence-electron chi connectivity index (χ2n) is 3.89. The second kappa shape index (κ2) is 7.19. The highest BCUT2D eigenvalue weighted by Gasteiger charge is 2.30. The van der Waals surface area contributed by atoms with Crippen molar-refractivity contribution in [1.29, 1.82) is 0 Å². The monoisotopic (exact) mass is 271 g/mol. The highest BCUT2D eigenvalue weighted by atomic mass is 32.1. The van der Waals surface area contributed by atoms with Gasteiger partial charge >= 0.3 is 6.11 Å². The van der Waals surface area contributed by atoms with Crippen molar-refractivity contribution in [3.05, 3.63) is 24.3 Å². The molecule has 0 aliphatic carbocycles. The van der Waals surface area contributed by atoms with E-state index in [0.29, 0.717) is 12.1 Å². The van der Waals surface area contributed by atoms with E-state index in [1.54, 1.807) is 12.1 Å². The van der Waals surface area contributed by atoms with Gasteiger partial charge in [-0.1, -0.05) is 19.8 Å². The van der Waals surface area contributed by atoms with Gasteiger partial charge in [0.15, 0.2) is 0 Å². The molecule has 0 spiro atoms. The molecule has 1 aromatic carbocycles. The average molecular weight is 271 g/mol. The number of rotatable bonds is 7. The minimum Gasteiger partial charge on any atom is -0.433 e. The van der Waals surface area contributed by atoms with Gasteiger partial charge < -0.3 is 4.74 Å². The molecule has 0 aliphatic rings. The maximum Gasteiger partial charge on any atom is 0.397 e. The van der Waals surface area contributed by atoms with Crippen molar-refractivity contribution in [2.45, 2.75) is 38.7 Å². The predicted octanol–water partition coefficient (Wildman–Crippen LogP) is 4.97. The second-order valence-corrected chi connectivity index (χ2v) is 4.08. The molecular weight excluding hydrogens is 256 g/mol. The Morgan fingerprint density at radius 2 is 1.94 bits per heavy atom. The number of aliphatic imine (C=N–C) groups is 1. The van der Waals surface area contributed by atoms with E-state index >= 15 is 0 Å². The Kier molecular flexibility index (Phi) is 5.89. The molecular formula is C13H15F2NOS. The summed E-state index contributed by atoms with van der Waals surface area (Å²) in [5.74, 6) is 0.125. The molecule has 0 saturated carbocycles. The van der Waals surface area contributed by atoms with Gasteiger partial charge in [-0.3, -0.25) is 0 Å². The molecule has 0 atom stereocenters. The zero-order chi connectivity index (χ0) is 13.4.